The van der Waals surface area contributed by atoms with Crippen molar-refractivity contribution in [3.05, 3.63) is 35.9 Å². The van der Waals surface area contributed by atoms with Crippen LogP contribution in [0.1, 0.15) is 25.3 Å². The quantitative estimate of drug-likeness (QED) is 0.661. The Hall–Kier alpha value is -0.470. The molecule has 90 valence electrons. The van der Waals surface area contributed by atoms with Gasteiger partial charge in [0.15, 0.2) is 0 Å². The summed E-state index contributed by atoms with van der Waals surface area (Å²) in [5.74, 6) is 2.54. The minimum absolute atomic E-state index is 1.14. The van der Waals surface area contributed by atoms with E-state index in [9.17, 15) is 0 Å². The average Bonchev–Trinajstić information content (AvgIpc) is 2.34. The number of aryl methyl sites for hydroxylation is 1. The van der Waals surface area contributed by atoms with Gasteiger partial charge in [-0.3, -0.25) is 0 Å². The summed E-state index contributed by atoms with van der Waals surface area (Å²) in [6.07, 6.45) is 3.73. The second-order valence-electron chi connectivity index (χ2n) is 3.89. The van der Waals surface area contributed by atoms with Gasteiger partial charge in [-0.25, -0.2) is 0 Å². The zero-order valence-corrected chi connectivity index (χ0v) is 11.1. The van der Waals surface area contributed by atoms with Crippen molar-refractivity contribution in [2.75, 3.05) is 24.6 Å². The molecule has 2 heteroatoms. The van der Waals surface area contributed by atoms with Gasteiger partial charge in [0.2, 0.25) is 0 Å². The molecule has 0 saturated carbocycles. The Bertz CT molecular complexity index is 248. The lowest BCUT2D eigenvalue weighted by molar-refractivity contribution is 0.642. The molecule has 1 aromatic carbocycles. The Balaban J connectivity index is 1.89. The normalized spacial score (nSPS) is 10.6. The maximum atomic E-state index is 3.50. The van der Waals surface area contributed by atoms with Crippen LogP contribution in [0.15, 0.2) is 30.3 Å². The SMILES string of the molecule is CCSCCCNCCCc1ccccc1. The Morgan fingerprint density at radius 1 is 1.06 bits per heavy atom. The third-order valence-corrected chi connectivity index (χ3v) is 3.49. The summed E-state index contributed by atoms with van der Waals surface area (Å²) in [7, 11) is 0. The molecule has 0 bridgehead atoms. The fraction of sp³-hybridized carbons (Fsp3) is 0.571. The number of hydrogen-bond donors (Lipinski definition) is 1. The largest absolute Gasteiger partial charge is 0.317 e. The molecule has 0 aromatic heterocycles. The highest BCUT2D eigenvalue weighted by molar-refractivity contribution is 7.99. The first-order valence-electron chi connectivity index (χ1n) is 6.26. The molecule has 0 fully saturated rings. The molecule has 1 nitrogen and oxygen atoms in total. The lowest BCUT2D eigenvalue weighted by Gasteiger charge is -2.04. The third kappa shape index (κ3) is 6.91. The number of hydrogen-bond acceptors (Lipinski definition) is 2. The van der Waals surface area contributed by atoms with Gasteiger partial charge in [0.25, 0.3) is 0 Å². The molecule has 0 aliphatic rings. The number of thioether (sulfide) groups is 1. The molecular formula is C14H23NS. The van der Waals surface area contributed by atoms with E-state index in [1.165, 1.54) is 42.9 Å². The van der Waals surface area contributed by atoms with Crippen LogP contribution in [0.3, 0.4) is 0 Å². The third-order valence-electron chi connectivity index (χ3n) is 2.51. The van der Waals surface area contributed by atoms with Crippen LogP contribution >= 0.6 is 11.8 Å². The van der Waals surface area contributed by atoms with E-state index in [0.29, 0.717) is 0 Å². The van der Waals surface area contributed by atoms with Gasteiger partial charge in [-0.15, -0.1) is 0 Å². The van der Waals surface area contributed by atoms with Gasteiger partial charge in [0.1, 0.15) is 0 Å². The molecule has 0 saturated heterocycles. The predicted molar refractivity (Wildman–Crippen MR) is 75.2 cm³/mol. The molecule has 0 aliphatic carbocycles. The molecule has 0 heterocycles. The summed E-state index contributed by atoms with van der Waals surface area (Å²) >= 11 is 2.03. The minimum atomic E-state index is 1.14. The van der Waals surface area contributed by atoms with Crippen LogP contribution in [0.4, 0.5) is 0 Å². The highest BCUT2D eigenvalue weighted by Crippen LogP contribution is 2.02. The molecule has 1 aromatic rings. The van der Waals surface area contributed by atoms with Crippen molar-refractivity contribution in [1.82, 2.24) is 5.32 Å². The van der Waals surface area contributed by atoms with Crippen molar-refractivity contribution < 1.29 is 0 Å². The van der Waals surface area contributed by atoms with Crippen LogP contribution in [0, 0.1) is 0 Å². The first-order valence-corrected chi connectivity index (χ1v) is 7.41. The van der Waals surface area contributed by atoms with E-state index in [-0.39, 0.29) is 0 Å². The molecule has 0 amide bonds. The Kier molecular flexibility index (Phi) is 8.27. The maximum absolute atomic E-state index is 3.50. The number of nitrogens with one attached hydrogen (secondary N) is 1. The first-order chi connectivity index (χ1) is 7.93. The standard InChI is InChI=1S/C14H23NS/c1-2-16-13-7-12-15-11-6-10-14-8-4-3-5-9-14/h3-5,8-9,15H,2,6-7,10-13H2,1H3. The molecule has 0 unspecified atom stereocenters. The molecule has 16 heavy (non-hydrogen) atoms. The van der Waals surface area contributed by atoms with Crippen LogP contribution in [-0.4, -0.2) is 24.6 Å². The summed E-state index contributed by atoms with van der Waals surface area (Å²) < 4.78 is 0. The van der Waals surface area contributed by atoms with E-state index in [0.717, 1.165) is 6.54 Å². The highest BCUT2D eigenvalue weighted by atomic mass is 32.2. The van der Waals surface area contributed by atoms with Crippen molar-refractivity contribution >= 4 is 11.8 Å². The summed E-state index contributed by atoms with van der Waals surface area (Å²) in [4.78, 5) is 0. The highest BCUT2D eigenvalue weighted by Gasteiger charge is 1.92. The predicted octanol–water partition coefficient (Wildman–Crippen LogP) is 3.35. The monoisotopic (exact) mass is 237 g/mol. The van der Waals surface area contributed by atoms with E-state index in [1.807, 2.05) is 11.8 Å². The lowest BCUT2D eigenvalue weighted by atomic mass is 10.1. The first kappa shape index (κ1) is 13.6. The fourth-order valence-corrected chi connectivity index (χ4v) is 2.27. The summed E-state index contributed by atoms with van der Waals surface area (Å²) in [6.45, 7) is 4.53. The van der Waals surface area contributed by atoms with Crippen molar-refractivity contribution in [3.8, 4) is 0 Å². The summed E-state index contributed by atoms with van der Waals surface area (Å²) in [5, 5.41) is 3.50. The Labute approximate surface area is 104 Å². The average molecular weight is 237 g/mol. The van der Waals surface area contributed by atoms with Gasteiger partial charge in [-0.05, 0) is 49.4 Å². The van der Waals surface area contributed by atoms with Gasteiger partial charge < -0.3 is 5.32 Å². The zero-order chi connectivity index (χ0) is 11.5. The second kappa shape index (κ2) is 9.73. The number of rotatable bonds is 9. The van der Waals surface area contributed by atoms with Crippen LogP contribution in [0.5, 0.6) is 0 Å². The van der Waals surface area contributed by atoms with Crippen molar-refractivity contribution in [3.63, 3.8) is 0 Å². The molecule has 0 radical (unpaired) electrons. The van der Waals surface area contributed by atoms with Gasteiger partial charge in [0, 0.05) is 0 Å². The summed E-state index contributed by atoms with van der Waals surface area (Å²) in [6, 6.07) is 10.7. The molecular weight excluding hydrogens is 214 g/mol. The van der Waals surface area contributed by atoms with Crippen LogP contribution in [0.2, 0.25) is 0 Å². The van der Waals surface area contributed by atoms with Crippen molar-refractivity contribution in [1.29, 1.82) is 0 Å². The molecule has 1 N–H and O–H groups in total. The number of benzene rings is 1. The van der Waals surface area contributed by atoms with Gasteiger partial charge in [0.05, 0.1) is 0 Å². The van der Waals surface area contributed by atoms with Crippen molar-refractivity contribution in [2.24, 2.45) is 0 Å². The van der Waals surface area contributed by atoms with Crippen LogP contribution in [0.25, 0.3) is 0 Å². The topological polar surface area (TPSA) is 12.0 Å². The molecule has 0 atom stereocenters. The van der Waals surface area contributed by atoms with Gasteiger partial charge in [-0.2, -0.15) is 11.8 Å². The minimum Gasteiger partial charge on any atom is -0.317 e. The van der Waals surface area contributed by atoms with E-state index in [4.69, 9.17) is 0 Å². The smallest absolute Gasteiger partial charge is 0.00411 e. The molecule has 0 aliphatic heterocycles. The van der Waals surface area contributed by atoms with Crippen LogP contribution in [-0.2, 0) is 6.42 Å². The van der Waals surface area contributed by atoms with E-state index >= 15 is 0 Å². The Morgan fingerprint density at radius 2 is 1.81 bits per heavy atom. The van der Waals surface area contributed by atoms with E-state index in [2.05, 4.69) is 42.6 Å². The van der Waals surface area contributed by atoms with Gasteiger partial charge >= 0.3 is 0 Å². The van der Waals surface area contributed by atoms with Gasteiger partial charge in [-0.1, -0.05) is 37.3 Å². The van der Waals surface area contributed by atoms with E-state index in [1.54, 1.807) is 0 Å². The lowest BCUT2D eigenvalue weighted by Crippen LogP contribution is -2.17. The molecule has 1 rings (SSSR count). The molecule has 0 spiro atoms. The fourth-order valence-electron chi connectivity index (χ4n) is 1.63. The second-order valence-corrected chi connectivity index (χ2v) is 5.28. The van der Waals surface area contributed by atoms with Crippen LogP contribution < -0.4 is 5.32 Å². The van der Waals surface area contributed by atoms with E-state index < -0.39 is 0 Å². The maximum Gasteiger partial charge on any atom is -0.00411 e. The zero-order valence-electron chi connectivity index (χ0n) is 10.2. The summed E-state index contributed by atoms with van der Waals surface area (Å²) in [5.41, 5.74) is 1.45. The Morgan fingerprint density at radius 3 is 2.56 bits per heavy atom. The van der Waals surface area contributed by atoms with Crippen molar-refractivity contribution in [2.45, 2.75) is 26.2 Å².